The predicted molar refractivity (Wildman–Crippen MR) is 134 cm³/mol. The van der Waals surface area contributed by atoms with E-state index in [1.165, 1.54) is 6.07 Å². The maximum absolute atomic E-state index is 13.3. The quantitative estimate of drug-likeness (QED) is 0.156. The summed E-state index contributed by atoms with van der Waals surface area (Å²) in [5.41, 5.74) is -1.63. The van der Waals surface area contributed by atoms with Crippen molar-refractivity contribution in [2.24, 2.45) is 0 Å². The lowest BCUT2D eigenvalue weighted by Crippen LogP contribution is -2.60. The summed E-state index contributed by atoms with van der Waals surface area (Å²) in [6, 6.07) is 4.49. The standard InChI is InChI=1S/C26H28O15/c27-6-15-18(33)21(36)22(37)26(40-15)41-25-19(34)16-12(31)5-14(8-1-2-10(29)11(30)3-8)39-24(16)17(20(25)35)23-13(32)4-9(28)7-38-23/h1-3,5,9,13,15,18,21-23,26-30,32-37H,4,6-7H2. The maximum atomic E-state index is 13.3. The molecule has 41 heavy (non-hydrogen) atoms. The molecule has 0 spiro atoms. The number of phenols is 4. The molecule has 1 aromatic heterocycles. The molecule has 8 atom stereocenters. The van der Waals surface area contributed by atoms with Crippen LogP contribution < -0.4 is 10.2 Å². The van der Waals surface area contributed by atoms with Crippen LogP contribution in [-0.2, 0) is 9.47 Å². The fourth-order valence-corrected chi connectivity index (χ4v) is 4.91. The SMILES string of the molecule is O=c1cc(-c2ccc(O)c(O)c2)oc2c(C3OCC(O)CC3O)c(O)c(OC3OC(CO)C(O)C(O)C3O)c(O)c12. The van der Waals surface area contributed by atoms with Crippen molar-refractivity contribution in [3.05, 3.63) is 40.1 Å². The minimum absolute atomic E-state index is 0.117. The van der Waals surface area contributed by atoms with E-state index in [0.717, 1.165) is 18.2 Å². The average Bonchev–Trinajstić information content (AvgIpc) is 2.93. The Morgan fingerprint density at radius 1 is 0.902 bits per heavy atom. The number of hydrogen-bond acceptors (Lipinski definition) is 15. The van der Waals surface area contributed by atoms with Gasteiger partial charge in [-0.05, 0) is 18.2 Å². The van der Waals surface area contributed by atoms with Gasteiger partial charge in [0, 0.05) is 18.1 Å². The first-order chi connectivity index (χ1) is 19.4. The van der Waals surface area contributed by atoms with E-state index < -0.39 is 106 Å². The minimum Gasteiger partial charge on any atom is -0.504 e. The Balaban J connectivity index is 1.71. The monoisotopic (exact) mass is 580 g/mol. The highest BCUT2D eigenvalue weighted by Crippen LogP contribution is 2.50. The molecular weight excluding hydrogens is 552 g/mol. The lowest BCUT2D eigenvalue weighted by molar-refractivity contribution is -0.277. The Morgan fingerprint density at radius 3 is 2.29 bits per heavy atom. The number of phenolic OH excluding ortho intramolecular Hbond substituents is 4. The fourth-order valence-electron chi connectivity index (χ4n) is 4.91. The summed E-state index contributed by atoms with van der Waals surface area (Å²) in [5, 5.41) is 102. The molecule has 0 amide bonds. The normalized spacial score (nSPS) is 30.4. The molecule has 0 radical (unpaired) electrons. The summed E-state index contributed by atoms with van der Waals surface area (Å²) in [5.74, 6) is -3.91. The second-order valence-electron chi connectivity index (χ2n) is 9.85. The molecule has 0 saturated carbocycles. The summed E-state index contributed by atoms with van der Waals surface area (Å²) in [6.45, 7) is -1.09. The lowest BCUT2D eigenvalue weighted by Gasteiger charge is -2.39. The van der Waals surface area contributed by atoms with E-state index in [2.05, 4.69) is 0 Å². The van der Waals surface area contributed by atoms with Crippen LogP contribution in [0.3, 0.4) is 0 Å². The van der Waals surface area contributed by atoms with Gasteiger partial charge in [-0.3, -0.25) is 4.79 Å². The van der Waals surface area contributed by atoms with Crippen molar-refractivity contribution < 1.29 is 69.7 Å². The highest BCUT2D eigenvalue weighted by molar-refractivity contribution is 5.93. The van der Waals surface area contributed by atoms with Gasteiger partial charge in [-0.2, -0.15) is 0 Å². The summed E-state index contributed by atoms with van der Waals surface area (Å²) in [6.07, 6.45) is -13.0. The van der Waals surface area contributed by atoms with Crippen molar-refractivity contribution in [1.82, 2.24) is 0 Å². The van der Waals surface area contributed by atoms with E-state index in [9.17, 15) is 55.9 Å². The van der Waals surface area contributed by atoms with Crippen molar-refractivity contribution in [2.45, 2.75) is 55.4 Å². The first kappa shape index (κ1) is 28.8. The summed E-state index contributed by atoms with van der Waals surface area (Å²) < 4.78 is 22.2. The number of hydrogen-bond donors (Lipinski definition) is 10. The largest absolute Gasteiger partial charge is 0.504 e. The van der Waals surface area contributed by atoms with E-state index >= 15 is 0 Å². The van der Waals surface area contributed by atoms with Gasteiger partial charge in [-0.1, -0.05) is 0 Å². The molecule has 2 fully saturated rings. The topological polar surface area (TPSA) is 260 Å². The summed E-state index contributed by atoms with van der Waals surface area (Å²) in [7, 11) is 0. The van der Waals surface area contributed by atoms with Gasteiger partial charge < -0.3 is 69.7 Å². The number of fused-ring (bicyclic) bond motifs is 1. The molecule has 10 N–H and O–H groups in total. The zero-order valence-corrected chi connectivity index (χ0v) is 21.1. The Kier molecular flexibility index (Phi) is 7.71. The van der Waals surface area contributed by atoms with Gasteiger partial charge in [0.05, 0.1) is 31.0 Å². The van der Waals surface area contributed by atoms with Crippen molar-refractivity contribution in [1.29, 1.82) is 0 Å². The van der Waals surface area contributed by atoms with Gasteiger partial charge >= 0.3 is 0 Å². The minimum atomic E-state index is -1.95. The second-order valence-corrected chi connectivity index (χ2v) is 9.85. The third kappa shape index (κ3) is 5.02. The molecule has 222 valence electrons. The van der Waals surface area contributed by atoms with Crippen LogP contribution in [0.25, 0.3) is 22.3 Å². The van der Waals surface area contributed by atoms with Gasteiger partial charge in [0.15, 0.2) is 34.0 Å². The highest BCUT2D eigenvalue weighted by atomic mass is 16.7. The number of aliphatic hydroxyl groups excluding tert-OH is 6. The van der Waals surface area contributed by atoms with E-state index in [1.54, 1.807) is 0 Å². The van der Waals surface area contributed by atoms with E-state index in [4.69, 9.17) is 18.6 Å². The molecule has 3 heterocycles. The maximum Gasteiger partial charge on any atom is 0.229 e. The fraction of sp³-hybridized carbons (Fsp3) is 0.423. The average molecular weight is 580 g/mol. The van der Waals surface area contributed by atoms with Gasteiger partial charge in [0.25, 0.3) is 0 Å². The molecule has 3 aromatic rings. The van der Waals surface area contributed by atoms with Crippen LogP contribution in [0.15, 0.2) is 33.5 Å². The molecule has 2 saturated heterocycles. The predicted octanol–water partition coefficient (Wildman–Crippen LogP) is -1.36. The van der Waals surface area contributed by atoms with Crippen molar-refractivity contribution in [3.8, 4) is 40.1 Å². The number of aliphatic hydroxyl groups is 6. The van der Waals surface area contributed by atoms with Crippen molar-refractivity contribution >= 4 is 11.0 Å². The van der Waals surface area contributed by atoms with Crippen LogP contribution >= 0.6 is 0 Å². The van der Waals surface area contributed by atoms with E-state index in [0.29, 0.717) is 0 Å². The first-order valence-corrected chi connectivity index (χ1v) is 12.5. The number of rotatable bonds is 5. The molecule has 0 aliphatic carbocycles. The van der Waals surface area contributed by atoms with Gasteiger partial charge in [0.1, 0.15) is 41.7 Å². The molecule has 15 heteroatoms. The van der Waals surface area contributed by atoms with Crippen LogP contribution in [-0.4, -0.2) is 107 Å². The lowest BCUT2D eigenvalue weighted by atomic mass is 9.93. The molecular formula is C26H28O15. The zero-order valence-electron chi connectivity index (χ0n) is 21.1. The molecule has 5 rings (SSSR count). The smallest absolute Gasteiger partial charge is 0.229 e. The van der Waals surface area contributed by atoms with Crippen molar-refractivity contribution in [2.75, 3.05) is 13.2 Å². The van der Waals surface area contributed by atoms with Crippen LogP contribution in [0.1, 0.15) is 18.1 Å². The Labute approximate surface area is 229 Å². The molecule has 0 bridgehead atoms. The van der Waals surface area contributed by atoms with Crippen LogP contribution in [0, 0.1) is 0 Å². The molecule has 15 nitrogen and oxygen atoms in total. The van der Waals surface area contributed by atoms with Crippen molar-refractivity contribution in [3.63, 3.8) is 0 Å². The summed E-state index contributed by atoms with van der Waals surface area (Å²) in [4.78, 5) is 13.3. The van der Waals surface area contributed by atoms with E-state index in [-0.39, 0.29) is 24.4 Å². The zero-order chi connectivity index (χ0) is 29.7. The Bertz CT molecular complexity index is 1500. The van der Waals surface area contributed by atoms with Crippen LogP contribution in [0.2, 0.25) is 0 Å². The third-order valence-corrected chi connectivity index (χ3v) is 7.07. The Hall–Kier alpha value is -3.67. The number of ether oxygens (including phenoxy) is 3. The molecule has 2 aliphatic heterocycles. The highest BCUT2D eigenvalue weighted by Gasteiger charge is 2.46. The number of aromatic hydroxyl groups is 4. The van der Waals surface area contributed by atoms with E-state index in [1.807, 2.05) is 0 Å². The Morgan fingerprint density at radius 2 is 1.63 bits per heavy atom. The van der Waals surface area contributed by atoms with Gasteiger partial charge in [-0.15, -0.1) is 0 Å². The van der Waals surface area contributed by atoms with Gasteiger partial charge in [0.2, 0.25) is 12.0 Å². The van der Waals surface area contributed by atoms with Crippen LogP contribution in [0.5, 0.6) is 28.7 Å². The second kappa shape index (κ2) is 11.0. The summed E-state index contributed by atoms with van der Waals surface area (Å²) >= 11 is 0. The number of benzene rings is 2. The molecule has 2 aliphatic rings. The third-order valence-electron chi connectivity index (χ3n) is 7.07. The first-order valence-electron chi connectivity index (χ1n) is 12.5. The molecule has 8 unspecified atom stereocenters. The van der Waals surface area contributed by atoms with Gasteiger partial charge in [-0.25, -0.2) is 0 Å². The molecule has 2 aromatic carbocycles. The van der Waals surface area contributed by atoms with Crippen LogP contribution in [0.4, 0.5) is 0 Å².